The van der Waals surface area contributed by atoms with Crippen LogP contribution in [0.15, 0.2) is 42.6 Å². The number of carbonyl (C=O) groups excluding carboxylic acids is 2. The third kappa shape index (κ3) is 6.05. The van der Waals surface area contributed by atoms with Crippen LogP contribution in [-0.4, -0.2) is 76.6 Å². The van der Waals surface area contributed by atoms with Crippen molar-refractivity contribution in [3.05, 3.63) is 59.4 Å². The minimum atomic E-state index is -0.645. The highest BCUT2D eigenvalue weighted by Gasteiger charge is 2.31. The highest BCUT2D eigenvalue weighted by molar-refractivity contribution is 5.93. The Balaban J connectivity index is 1.06. The number of nitrogens with zero attached hydrogens (tertiary/aromatic N) is 3. The summed E-state index contributed by atoms with van der Waals surface area (Å²) in [6.07, 6.45) is 7.03. The second kappa shape index (κ2) is 11.4. The average Bonchev–Trinajstić information content (AvgIpc) is 2.87. The molecule has 1 atom stereocenters. The number of fused-ring (bicyclic) bond motifs is 1. The molecule has 3 heterocycles. The molecule has 0 radical (unpaired) electrons. The first-order valence-electron chi connectivity index (χ1n) is 13.3. The van der Waals surface area contributed by atoms with Gasteiger partial charge in [-0.25, -0.2) is 0 Å². The molecule has 2 fully saturated rings. The van der Waals surface area contributed by atoms with E-state index in [0.29, 0.717) is 18.1 Å². The van der Waals surface area contributed by atoms with Crippen molar-refractivity contribution in [2.45, 2.75) is 57.2 Å². The molecule has 5 rings (SSSR count). The zero-order valence-electron chi connectivity index (χ0n) is 20.9. The number of likely N-dealkylation sites (tertiary alicyclic amines) is 1. The van der Waals surface area contributed by atoms with Crippen molar-refractivity contribution in [1.29, 1.82) is 0 Å². The Morgan fingerprint density at radius 2 is 1.83 bits per heavy atom. The Morgan fingerprint density at radius 1 is 1.06 bits per heavy atom. The zero-order valence-corrected chi connectivity index (χ0v) is 20.9. The molecule has 0 spiro atoms. The largest absolute Gasteiger partial charge is 0.390 e. The van der Waals surface area contributed by atoms with E-state index in [0.717, 1.165) is 64.0 Å². The van der Waals surface area contributed by atoms with Gasteiger partial charge in [0, 0.05) is 63.1 Å². The Kier molecular flexibility index (Phi) is 7.82. The second-order valence-electron chi connectivity index (χ2n) is 10.4. The van der Waals surface area contributed by atoms with E-state index in [9.17, 15) is 14.7 Å². The normalized spacial score (nSPS) is 19.8. The lowest BCUT2D eigenvalue weighted by Gasteiger charge is -2.37. The van der Waals surface area contributed by atoms with E-state index in [1.165, 1.54) is 17.5 Å². The Hall–Kier alpha value is -2.97. The average molecular weight is 492 g/mol. The van der Waals surface area contributed by atoms with Crippen LogP contribution in [0.5, 0.6) is 0 Å². The fraction of sp³-hybridized carbons (Fsp3) is 0.536. The highest BCUT2D eigenvalue weighted by atomic mass is 16.3. The molecule has 36 heavy (non-hydrogen) atoms. The van der Waals surface area contributed by atoms with Gasteiger partial charge in [-0.2, -0.15) is 0 Å². The molecule has 1 saturated carbocycles. The van der Waals surface area contributed by atoms with Gasteiger partial charge in [-0.3, -0.25) is 19.5 Å². The van der Waals surface area contributed by atoms with Crippen molar-refractivity contribution in [3.63, 3.8) is 0 Å². The molecule has 1 saturated heterocycles. The van der Waals surface area contributed by atoms with E-state index in [1.54, 1.807) is 12.3 Å². The Labute approximate surface area is 213 Å². The van der Waals surface area contributed by atoms with Gasteiger partial charge in [0.15, 0.2) is 0 Å². The summed E-state index contributed by atoms with van der Waals surface area (Å²) in [6.45, 7) is 4.00. The number of hydrogen-bond acceptors (Lipinski definition) is 6. The van der Waals surface area contributed by atoms with Crippen molar-refractivity contribution in [1.82, 2.24) is 20.1 Å². The van der Waals surface area contributed by atoms with Gasteiger partial charge in [-0.15, -0.1) is 0 Å². The number of piperidine rings is 1. The highest BCUT2D eigenvalue weighted by Crippen LogP contribution is 2.29. The maximum atomic E-state index is 12.7. The fourth-order valence-corrected chi connectivity index (χ4v) is 5.41. The fourth-order valence-electron chi connectivity index (χ4n) is 5.41. The first-order valence-corrected chi connectivity index (χ1v) is 13.3. The summed E-state index contributed by atoms with van der Waals surface area (Å²) in [5, 5.41) is 16.8. The molecule has 8 nitrogen and oxygen atoms in total. The van der Waals surface area contributed by atoms with Crippen LogP contribution in [0.25, 0.3) is 0 Å². The summed E-state index contributed by atoms with van der Waals surface area (Å²) in [5.41, 5.74) is 3.87. The van der Waals surface area contributed by atoms with Gasteiger partial charge in [-0.1, -0.05) is 30.7 Å². The van der Waals surface area contributed by atoms with Crippen molar-refractivity contribution >= 4 is 17.5 Å². The first-order chi connectivity index (χ1) is 17.5. The molecule has 2 amide bonds. The van der Waals surface area contributed by atoms with Crippen LogP contribution >= 0.6 is 0 Å². The Morgan fingerprint density at radius 3 is 2.58 bits per heavy atom. The maximum Gasteiger partial charge on any atom is 0.270 e. The van der Waals surface area contributed by atoms with E-state index in [1.807, 2.05) is 11.0 Å². The number of pyridine rings is 1. The molecule has 2 aromatic rings. The molecule has 2 aliphatic heterocycles. The predicted octanol–water partition coefficient (Wildman–Crippen LogP) is 2.43. The molecule has 1 unspecified atom stereocenters. The lowest BCUT2D eigenvalue weighted by atomic mass is 9.84. The van der Waals surface area contributed by atoms with Gasteiger partial charge in [0.2, 0.25) is 5.91 Å². The molecular weight excluding hydrogens is 454 g/mol. The van der Waals surface area contributed by atoms with Gasteiger partial charge >= 0.3 is 0 Å². The summed E-state index contributed by atoms with van der Waals surface area (Å²) in [4.78, 5) is 33.6. The number of anilines is 1. The van der Waals surface area contributed by atoms with Crippen molar-refractivity contribution < 1.29 is 14.7 Å². The minimum Gasteiger partial charge on any atom is -0.390 e. The molecule has 3 N–H and O–H groups in total. The number of β-amino-alcohol motifs (C(OH)–C–C–N with tert-alkyl or cyclic N) is 1. The van der Waals surface area contributed by atoms with Gasteiger partial charge in [-0.05, 0) is 55.4 Å². The third-order valence-corrected chi connectivity index (χ3v) is 7.80. The third-order valence-electron chi connectivity index (χ3n) is 7.80. The smallest absolute Gasteiger partial charge is 0.270 e. The molecule has 3 aliphatic rings. The van der Waals surface area contributed by atoms with Crippen LogP contribution in [0, 0.1) is 5.92 Å². The van der Waals surface area contributed by atoms with E-state index >= 15 is 0 Å². The van der Waals surface area contributed by atoms with Crippen LogP contribution in [0.1, 0.15) is 53.7 Å². The van der Waals surface area contributed by atoms with Gasteiger partial charge in [0.1, 0.15) is 5.69 Å². The van der Waals surface area contributed by atoms with Crippen molar-refractivity contribution in [2.24, 2.45) is 5.92 Å². The molecule has 8 heteroatoms. The van der Waals surface area contributed by atoms with E-state index in [2.05, 4.69) is 44.8 Å². The van der Waals surface area contributed by atoms with Crippen LogP contribution in [0.3, 0.4) is 0 Å². The van der Waals surface area contributed by atoms with Gasteiger partial charge in [0.25, 0.3) is 5.91 Å². The summed E-state index contributed by atoms with van der Waals surface area (Å²) in [6, 6.07) is 12.3. The van der Waals surface area contributed by atoms with Crippen LogP contribution in [0.4, 0.5) is 5.69 Å². The molecule has 1 aromatic carbocycles. The number of hydrogen-bond donors (Lipinski definition) is 3. The summed E-state index contributed by atoms with van der Waals surface area (Å²) >= 11 is 0. The lowest BCUT2D eigenvalue weighted by Crippen LogP contribution is -2.46. The maximum absolute atomic E-state index is 12.7. The number of nitrogens with one attached hydrogen (secondary N) is 2. The summed E-state index contributed by atoms with van der Waals surface area (Å²) in [7, 11) is 0. The van der Waals surface area contributed by atoms with Crippen LogP contribution < -0.4 is 10.6 Å². The molecule has 192 valence electrons. The summed E-state index contributed by atoms with van der Waals surface area (Å²) in [5.74, 6) is 0.295. The van der Waals surface area contributed by atoms with Crippen LogP contribution in [-0.2, 0) is 17.8 Å². The molecule has 1 aliphatic carbocycles. The quantitative estimate of drug-likeness (QED) is 0.525. The number of carbonyl (C=O) groups is 2. The molecular formula is C28H37N5O3. The standard InChI is InChI=1S/C28H37N5O3/c34-25(19-32-13-9-20-4-1-2-5-22(20)18-32)17-30-27(35)26-16-24(8-12-29-26)31-23-10-14-33(15-11-23)28(36)21-6-3-7-21/h1-2,4-5,8,12,16,21,23,25,34H,3,6-7,9-11,13-15,17-19H2,(H,29,31)(H,30,35). The number of benzene rings is 1. The number of aliphatic hydroxyl groups excluding tert-OH is 1. The van der Waals surface area contributed by atoms with E-state index in [-0.39, 0.29) is 24.4 Å². The minimum absolute atomic E-state index is 0.184. The Bertz CT molecular complexity index is 1060. The van der Waals surface area contributed by atoms with E-state index in [4.69, 9.17) is 0 Å². The van der Waals surface area contributed by atoms with Crippen LogP contribution in [0.2, 0.25) is 0 Å². The van der Waals surface area contributed by atoms with Gasteiger partial charge < -0.3 is 20.6 Å². The van der Waals surface area contributed by atoms with Crippen molar-refractivity contribution in [2.75, 3.05) is 38.0 Å². The molecule has 1 aromatic heterocycles. The first kappa shape index (κ1) is 24.7. The number of aliphatic hydroxyl groups is 1. The van der Waals surface area contributed by atoms with Crippen molar-refractivity contribution in [3.8, 4) is 0 Å². The number of aromatic nitrogens is 1. The number of amides is 2. The SMILES string of the molecule is O=C(NCC(O)CN1CCc2ccccc2C1)c1cc(NC2CCN(C(=O)C3CCC3)CC2)ccn1. The summed E-state index contributed by atoms with van der Waals surface area (Å²) < 4.78 is 0. The second-order valence-corrected chi connectivity index (χ2v) is 10.4. The molecule has 0 bridgehead atoms. The predicted molar refractivity (Wildman–Crippen MR) is 139 cm³/mol. The zero-order chi connectivity index (χ0) is 24.9. The van der Waals surface area contributed by atoms with Gasteiger partial charge in [0.05, 0.1) is 6.10 Å². The topological polar surface area (TPSA) is 97.8 Å². The number of rotatable bonds is 8. The lowest BCUT2D eigenvalue weighted by molar-refractivity contribution is -0.139. The van der Waals surface area contributed by atoms with E-state index < -0.39 is 6.10 Å². The monoisotopic (exact) mass is 491 g/mol.